The van der Waals surface area contributed by atoms with E-state index >= 15 is 0 Å². The minimum Gasteiger partial charge on any atom is -0.306 e. The van der Waals surface area contributed by atoms with Crippen LogP contribution in [0.15, 0.2) is 48.5 Å². The van der Waals surface area contributed by atoms with Crippen LogP contribution in [0.1, 0.15) is 5.56 Å². The number of benzene rings is 2. The Morgan fingerprint density at radius 2 is 1.75 bits per heavy atom. The number of nitrogens with one attached hydrogen (secondary N) is 1. The molecule has 0 aliphatic carbocycles. The monoisotopic (exact) mass is 310 g/mol. The summed E-state index contributed by atoms with van der Waals surface area (Å²) in [6, 6.07) is 12.9. The van der Waals surface area contributed by atoms with E-state index in [1.165, 1.54) is 0 Å². The van der Waals surface area contributed by atoms with Crippen LogP contribution in [-0.4, -0.2) is 16.3 Å². The Hall–Kier alpha value is -1.75. The van der Waals surface area contributed by atoms with Gasteiger partial charge >= 0.3 is 6.03 Å². The number of hydrogen-bond acceptors (Lipinski definition) is 2. The topological polar surface area (TPSA) is 52.6 Å². The van der Waals surface area contributed by atoms with Crippen molar-refractivity contribution in [3.8, 4) is 0 Å². The summed E-state index contributed by atoms with van der Waals surface area (Å²) in [5.74, 6) is 0. The van der Waals surface area contributed by atoms with Gasteiger partial charge in [-0.25, -0.2) is 9.86 Å². The van der Waals surface area contributed by atoms with Crippen LogP contribution in [0.3, 0.4) is 0 Å². The molecule has 0 aromatic heterocycles. The van der Waals surface area contributed by atoms with Crippen molar-refractivity contribution in [2.24, 2.45) is 0 Å². The van der Waals surface area contributed by atoms with Gasteiger partial charge in [-0.2, -0.15) is 0 Å². The lowest BCUT2D eigenvalue weighted by Crippen LogP contribution is -2.31. The SMILES string of the molecule is O=C(Nc1ccc(Cl)cc1)N(O)Cc1ccccc1Cl. The second-order valence-corrected chi connectivity index (χ2v) is 4.93. The quantitative estimate of drug-likeness (QED) is 0.651. The summed E-state index contributed by atoms with van der Waals surface area (Å²) in [7, 11) is 0. The number of rotatable bonds is 3. The van der Waals surface area contributed by atoms with Gasteiger partial charge in [0.05, 0.1) is 6.54 Å². The highest BCUT2D eigenvalue weighted by molar-refractivity contribution is 6.31. The number of hydrogen-bond donors (Lipinski definition) is 2. The van der Waals surface area contributed by atoms with Crippen molar-refractivity contribution < 1.29 is 10.0 Å². The summed E-state index contributed by atoms with van der Waals surface area (Å²) < 4.78 is 0. The van der Waals surface area contributed by atoms with Gasteiger partial charge < -0.3 is 5.32 Å². The van der Waals surface area contributed by atoms with Crippen LogP contribution in [0, 0.1) is 0 Å². The Morgan fingerprint density at radius 3 is 2.40 bits per heavy atom. The Morgan fingerprint density at radius 1 is 1.10 bits per heavy atom. The van der Waals surface area contributed by atoms with Gasteiger partial charge in [-0.1, -0.05) is 41.4 Å². The Labute approximate surface area is 126 Å². The molecule has 2 aromatic carbocycles. The third-order valence-corrected chi connectivity index (χ3v) is 3.23. The lowest BCUT2D eigenvalue weighted by Gasteiger charge is -2.16. The van der Waals surface area contributed by atoms with E-state index in [-0.39, 0.29) is 6.54 Å². The second-order valence-electron chi connectivity index (χ2n) is 4.09. The number of carbonyl (C=O) groups excluding carboxylic acids is 1. The standard InChI is InChI=1S/C14H12Cl2N2O2/c15-11-5-7-12(8-6-11)17-14(19)18(20)9-10-3-1-2-4-13(10)16/h1-8,20H,9H2,(H,17,19). The van der Waals surface area contributed by atoms with E-state index in [1.54, 1.807) is 48.5 Å². The molecular formula is C14H12Cl2N2O2. The molecule has 2 amide bonds. The van der Waals surface area contributed by atoms with E-state index in [0.29, 0.717) is 26.4 Å². The largest absolute Gasteiger partial charge is 0.345 e. The van der Waals surface area contributed by atoms with Gasteiger partial charge in [0.2, 0.25) is 0 Å². The molecule has 0 fully saturated rings. The van der Waals surface area contributed by atoms with Crippen LogP contribution in [-0.2, 0) is 6.54 Å². The number of nitrogens with zero attached hydrogens (tertiary/aromatic N) is 1. The van der Waals surface area contributed by atoms with Crippen molar-refractivity contribution in [1.82, 2.24) is 5.06 Å². The van der Waals surface area contributed by atoms with Gasteiger partial charge in [0, 0.05) is 15.7 Å². The summed E-state index contributed by atoms with van der Waals surface area (Å²) in [4.78, 5) is 11.8. The number of hydroxylamine groups is 2. The predicted octanol–water partition coefficient (Wildman–Crippen LogP) is 4.42. The Bertz CT molecular complexity index is 602. The van der Waals surface area contributed by atoms with E-state index in [1.807, 2.05) is 0 Å². The fraction of sp³-hybridized carbons (Fsp3) is 0.0714. The summed E-state index contributed by atoms with van der Waals surface area (Å²) in [5.41, 5.74) is 1.19. The van der Waals surface area contributed by atoms with Crippen LogP contribution in [0.5, 0.6) is 0 Å². The van der Waals surface area contributed by atoms with Crippen LogP contribution in [0.25, 0.3) is 0 Å². The number of anilines is 1. The third-order valence-electron chi connectivity index (χ3n) is 2.61. The zero-order valence-corrected chi connectivity index (χ0v) is 11.9. The zero-order chi connectivity index (χ0) is 14.5. The summed E-state index contributed by atoms with van der Waals surface area (Å²) in [6.07, 6.45) is 0. The lowest BCUT2D eigenvalue weighted by molar-refractivity contribution is -0.0449. The van der Waals surface area contributed by atoms with E-state index in [0.717, 1.165) is 0 Å². The number of halogens is 2. The molecule has 2 rings (SSSR count). The first kappa shape index (κ1) is 14.7. The van der Waals surface area contributed by atoms with Crippen molar-refractivity contribution in [2.75, 3.05) is 5.32 Å². The molecule has 6 heteroatoms. The van der Waals surface area contributed by atoms with Gasteiger partial charge in [0.25, 0.3) is 0 Å². The highest BCUT2D eigenvalue weighted by Gasteiger charge is 2.13. The fourth-order valence-corrected chi connectivity index (χ4v) is 1.90. The van der Waals surface area contributed by atoms with Crippen molar-refractivity contribution in [2.45, 2.75) is 6.54 Å². The molecule has 20 heavy (non-hydrogen) atoms. The molecule has 4 nitrogen and oxygen atoms in total. The molecule has 0 bridgehead atoms. The normalized spacial score (nSPS) is 10.2. The average molecular weight is 311 g/mol. The minimum absolute atomic E-state index is 0.000896. The van der Waals surface area contributed by atoms with E-state index in [9.17, 15) is 10.0 Å². The fourth-order valence-electron chi connectivity index (χ4n) is 1.58. The molecular weight excluding hydrogens is 299 g/mol. The van der Waals surface area contributed by atoms with Crippen molar-refractivity contribution in [1.29, 1.82) is 0 Å². The Kier molecular flexibility index (Phi) is 4.84. The molecule has 0 saturated carbocycles. The van der Waals surface area contributed by atoms with Crippen LogP contribution < -0.4 is 5.32 Å². The van der Waals surface area contributed by atoms with Crippen LogP contribution >= 0.6 is 23.2 Å². The first-order valence-electron chi connectivity index (χ1n) is 5.82. The van der Waals surface area contributed by atoms with E-state index in [2.05, 4.69) is 5.32 Å². The maximum atomic E-state index is 11.8. The van der Waals surface area contributed by atoms with Crippen molar-refractivity contribution in [3.63, 3.8) is 0 Å². The Balaban J connectivity index is 1.99. The number of urea groups is 1. The third kappa shape index (κ3) is 3.87. The first-order chi connectivity index (χ1) is 9.56. The zero-order valence-electron chi connectivity index (χ0n) is 10.4. The predicted molar refractivity (Wildman–Crippen MR) is 79.3 cm³/mol. The van der Waals surface area contributed by atoms with E-state index in [4.69, 9.17) is 23.2 Å². The molecule has 0 aliphatic heterocycles. The van der Waals surface area contributed by atoms with Crippen molar-refractivity contribution in [3.05, 3.63) is 64.1 Å². The highest BCUT2D eigenvalue weighted by atomic mass is 35.5. The second kappa shape index (κ2) is 6.61. The molecule has 0 atom stereocenters. The molecule has 2 N–H and O–H groups in total. The minimum atomic E-state index is -0.646. The molecule has 2 aromatic rings. The van der Waals surface area contributed by atoms with Crippen molar-refractivity contribution >= 4 is 34.9 Å². The molecule has 0 unspecified atom stereocenters. The highest BCUT2D eigenvalue weighted by Crippen LogP contribution is 2.17. The average Bonchev–Trinajstić information content (AvgIpc) is 2.44. The summed E-state index contributed by atoms with van der Waals surface area (Å²) in [6.45, 7) is -0.000896. The molecule has 0 heterocycles. The van der Waals surface area contributed by atoms with Gasteiger partial charge in [-0.3, -0.25) is 5.21 Å². The maximum Gasteiger partial charge on any atom is 0.345 e. The molecule has 0 spiro atoms. The van der Waals surface area contributed by atoms with Gasteiger partial charge in [-0.05, 0) is 35.9 Å². The number of amides is 2. The van der Waals surface area contributed by atoms with Gasteiger partial charge in [0.15, 0.2) is 0 Å². The van der Waals surface area contributed by atoms with Crippen LogP contribution in [0.4, 0.5) is 10.5 Å². The van der Waals surface area contributed by atoms with Gasteiger partial charge in [-0.15, -0.1) is 0 Å². The molecule has 0 aliphatic rings. The van der Waals surface area contributed by atoms with Crippen LogP contribution in [0.2, 0.25) is 10.0 Å². The molecule has 0 saturated heterocycles. The summed E-state index contributed by atoms with van der Waals surface area (Å²) in [5, 5.41) is 13.9. The smallest absolute Gasteiger partial charge is 0.306 e. The van der Waals surface area contributed by atoms with E-state index < -0.39 is 6.03 Å². The maximum absolute atomic E-state index is 11.8. The molecule has 104 valence electrons. The summed E-state index contributed by atoms with van der Waals surface area (Å²) >= 11 is 11.7. The first-order valence-corrected chi connectivity index (χ1v) is 6.58. The van der Waals surface area contributed by atoms with Gasteiger partial charge in [0.1, 0.15) is 0 Å². The lowest BCUT2D eigenvalue weighted by atomic mass is 10.2. The molecule has 0 radical (unpaired) electrons. The number of carbonyl (C=O) groups is 1.